The van der Waals surface area contributed by atoms with Crippen LogP contribution in [0.3, 0.4) is 0 Å². The van der Waals surface area contributed by atoms with Gasteiger partial charge in [0.05, 0.1) is 11.4 Å². The van der Waals surface area contributed by atoms with Crippen molar-refractivity contribution in [2.45, 2.75) is 62.4 Å². The molecule has 0 N–H and O–H groups in total. The molecule has 1 aromatic carbocycles. The molecule has 3 unspecified atom stereocenters. The standard InChI is InChI=1S/C21H32N2O3S/c1-16(17-10-12-19(13-11-17)27(3,25)26)22(2)15-21(24)23-14-6-8-18-7-4-5-9-20(18)23/h10-13,16,18,20H,4-9,14-15H2,1-3H3. The molecule has 1 saturated carbocycles. The summed E-state index contributed by atoms with van der Waals surface area (Å²) in [5, 5.41) is 0. The monoisotopic (exact) mass is 392 g/mol. The molecule has 1 saturated heterocycles. The van der Waals surface area contributed by atoms with E-state index in [1.54, 1.807) is 12.1 Å². The van der Waals surface area contributed by atoms with Gasteiger partial charge in [-0.15, -0.1) is 0 Å². The van der Waals surface area contributed by atoms with Crippen molar-refractivity contribution < 1.29 is 13.2 Å². The molecule has 1 aromatic rings. The molecule has 150 valence electrons. The molecule has 6 heteroatoms. The molecule has 1 amide bonds. The van der Waals surface area contributed by atoms with Gasteiger partial charge in [-0.05, 0) is 63.3 Å². The first-order valence-electron chi connectivity index (χ1n) is 10.1. The first-order valence-corrected chi connectivity index (χ1v) is 12.0. The molecular weight excluding hydrogens is 360 g/mol. The third kappa shape index (κ3) is 4.72. The van der Waals surface area contributed by atoms with E-state index in [4.69, 9.17) is 0 Å². The predicted molar refractivity (Wildman–Crippen MR) is 107 cm³/mol. The maximum absolute atomic E-state index is 13.0. The van der Waals surface area contributed by atoms with Crippen molar-refractivity contribution in [3.05, 3.63) is 29.8 Å². The zero-order valence-electron chi connectivity index (χ0n) is 16.7. The lowest BCUT2D eigenvalue weighted by Crippen LogP contribution is -2.52. The highest BCUT2D eigenvalue weighted by atomic mass is 32.2. The minimum atomic E-state index is -3.18. The summed E-state index contributed by atoms with van der Waals surface area (Å²) in [7, 11) is -1.22. The number of carbonyl (C=O) groups excluding carboxylic acids is 1. The SMILES string of the molecule is CC(c1ccc(S(C)(=O)=O)cc1)N(C)CC(=O)N1CCCC2CCCCC21. The van der Waals surface area contributed by atoms with Crippen molar-refractivity contribution in [2.75, 3.05) is 26.4 Å². The fraction of sp³-hybridized carbons (Fsp3) is 0.667. The summed E-state index contributed by atoms with van der Waals surface area (Å²) in [6, 6.07) is 7.48. The highest BCUT2D eigenvalue weighted by Gasteiger charge is 2.36. The van der Waals surface area contributed by atoms with Crippen LogP contribution in [0.2, 0.25) is 0 Å². The molecule has 5 nitrogen and oxygen atoms in total. The normalized spacial score (nSPS) is 24.5. The summed E-state index contributed by atoms with van der Waals surface area (Å²) in [5.41, 5.74) is 1.02. The quantitative estimate of drug-likeness (QED) is 0.772. The summed E-state index contributed by atoms with van der Waals surface area (Å²) >= 11 is 0. The average molecular weight is 393 g/mol. The van der Waals surface area contributed by atoms with Crippen molar-refractivity contribution in [1.82, 2.24) is 9.80 Å². The van der Waals surface area contributed by atoms with Gasteiger partial charge >= 0.3 is 0 Å². The van der Waals surface area contributed by atoms with Crippen molar-refractivity contribution in [3.63, 3.8) is 0 Å². The van der Waals surface area contributed by atoms with Gasteiger partial charge < -0.3 is 4.90 Å². The highest BCUT2D eigenvalue weighted by molar-refractivity contribution is 7.90. The molecule has 0 spiro atoms. The maximum Gasteiger partial charge on any atom is 0.237 e. The second-order valence-corrected chi connectivity index (χ2v) is 10.3. The Balaban J connectivity index is 1.63. The number of fused-ring (bicyclic) bond motifs is 1. The Hall–Kier alpha value is -1.40. The zero-order chi connectivity index (χ0) is 19.6. The summed E-state index contributed by atoms with van der Waals surface area (Å²) in [5.74, 6) is 0.927. The molecule has 27 heavy (non-hydrogen) atoms. The minimum absolute atomic E-state index is 0.0505. The molecule has 0 bridgehead atoms. The van der Waals surface area contributed by atoms with Crippen LogP contribution in [0.4, 0.5) is 0 Å². The molecule has 3 atom stereocenters. The van der Waals surface area contributed by atoms with Crippen LogP contribution in [0.1, 0.15) is 57.1 Å². The number of sulfone groups is 1. The van der Waals surface area contributed by atoms with Crippen LogP contribution in [0, 0.1) is 5.92 Å². The van der Waals surface area contributed by atoms with E-state index in [1.807, 2.05) is 19.2 Å². The van der Waals surface area contributed by atoms with E-state index in [0.717, 1.165) is 24.9 Å². The Kier molecular flexibility index (Phi) is 6.26. The number of nitrogens with zero attached hydrogens (tertiary/aromatic N) is 2. The number of rotatable bonds is 5. The molecule has 0 radical (unpaired) electrons. The third-order valence-corrected chi connectivity index (χ3v) is 7.53. The summed E-state index contributed by atoms with van der Waals surface area (Å²) < 4.78 is 23.2. The highest BCUT2D eigenvalue weighted by Crippen LogP contribution is 2.35. The summed E-state index contributed by atoms with van der Waals surface area (Å²) in [6.45, 7) is 3.35. The smallest absolute Gasteiger partial charge is 0.237 e. The Labute approximate surface area is 163 Å². The maximum atomic E-state index is 13.0. The van der Waals surface area contributed by atoms with E-state index >= 15 is 0 Å². The molecule has 2 aliphatic rings. The van der Waals surface area contributed by atoms with Gasteiger partial charge in [0.25, 0.3) is 0 Å². The number of likely N-dealkylation sites (N-methyl/N-ethyl adjacent to an activating group) is 1. The van der Waals surface area contributed by atoms with Gasteiger partial charge in [-0.3, -0.25) is 9.69 Å². The van der Waals surface area contributed by atoms with Crippen molar-refractivity contribution in [2.24, 2.45) is 5.92 Å². The van der Waals surface area contributed by atoms with Gasteiger partial charge in [0.2, 0.25) is 5.91 Å². The Morgan fingerprint density at radius 2 is 1.78 bits per heavy atom. The summed E-state index contributed by atoms with van der Waals surface area (Å²) in [6.07, 6.45) is 8.59. The van der Waals surface area contributed by atoms with E-state index in [1.165, 1.54) is 31.9 Å². The van der Waals surface area contributed by atoms with Crippen LogP contribution < -0.4 is 0 Å². The number of benzene rings is 1. The lowest BCUT2D eigenvalue weighted by Gasteiger charge is -2.44. The van der Waals surface area contributed by atoms with Crippen LogP contribution in [0.5, 0.6) is 0 Å². The molecule has 0 aromatic heterocycles. The van der Waals surface area contributed by atoms with Crippen LogP contribution >= 0.6 is 0 Å². The first kappa shape index (κ1) is 20.3. The average Bonchev–Trinajstić information content (AvgIpc) is 2.66. The van der Waals surface area contributed by atoms with Crippen LogP contribution in [0.25, 0.3) is 0 Å². The second kappa shape index (κ2) is 8.31. The number of amides is 1. The van der Waals surface area contributed by atoms with Gasteiger partial charge in [-0.25, -0.2) is 8.42 Å². The Bertz CT molecular complexity index is 758. The third-order valence-electron chi connectivity index (χ3n) is 6.40. The van der Waals surface area contributed by atoms with E-state index in [9.17, 15) is 13.2 Å². The topological polar surface area (TPSA) is 57.7 Å². The predicted octanol–water partition coefficient (Wildman–Crippen LogP) is 3.26. The van der Waals surface area contributed by atoms with E-state index < -0.39 is 9.84 Å². The number of hydrogen-bond donors (Lipinski definition) is 0. The van der Waals surface area contributed by atoms with Crippen LogP contribution in [-0.4, -0.2) is 56.6 Å². The van der Waals surface area contributed by atoms with Crippen LogP contribution in [0.15, 0.2) is 29.2 Å². The van der Waals surface area contributed by atoms with Gasteiger partial charge in [0, 0.05) is 24.9 Å². The van der Waals surface area contributed by atoms with Crippen molar-refractivity contribution in [3.8, 4) is 0 Å². The first-order chi connectivity index (χ1) is 12.8. The summed E-state index contributed by atoms with van der Waals surface area (Å²) in [4.78, 5) is 17.5. The van der Waals surface area contributed by atoms with Crippen molar-refractivity contribution >= 4 is 15.7 Å². The van der Waals surface area contributed by atoms with E-state index in [2.05, 4.69) is 16.7 Å². The largest absolute Gasteiger partial charge is 0.338 e. The Morgan fingerprint density at radius 1 is 1.15 bits per heavy atom. The van der Waals surface area contributed by atoms with E-state index in [-0.39, 0.29) is 11.9 Å². The van der Waals surface area contributed by atoms with Crippen molar-refractivity contribution in [1.29, 1.82) is 0 Å². The molecule has 2 fully saturated rings. The molecule has 1 aliphatic heterocycles. The molecule has 1 aliphatic carbocycles. The minimum Gasteiger partial charge on any atom is -0.338 e. The fourth-order valence-electron chi connectivity index (χ4n) is 4.62. The second-order valence-electron chi connectivity index (χ2n) is 8.27. The number of likely N-dealkylation sites (tertiary alicyclic amines) is 1. The van der Waals surface area contributed by atoms with E-state index in [0.29, 0.717) is 23.4 Å². The lowest BCUT2D eigenvalue weighted by molar-refractivity contribution is -0.138. The number of hydrogen-bond acceptors (Lipinski definition) is 4. The zero-order valence-corrected chi connectivity index (χ0v) is 17.5. The van der Waals surface area contributed by atoms with Gasteiger partial charge in [0.1, 0.15) is 0 Å². The number of piperidine rings is 1. The van der Waals surface area contributed by atoms with Gasteiger partial charge in [0.15, 0.2) is 9.84 Å². The molecule has 1 heterocycles. The fourth-order valence-corrected chi connectivity index (χ4v) is 5.25. The molecule has 3 rings (SSSR count). The Morgan fingerprint density at radius 3 is 2.44 bits per heavy atom. The molecular formula is C21H32N2O3S. The van der Waals surface area contributed by atoms with Crippen LogP contribution in [-0.2, 0) is 14.6 Å². The van der Waals surface area contributed by atoms with Gasteiger partial charge in [-0.1, -0.05) is 25.0 Å². The lowest BCUT2D eigenvalue weighted by atomic mass is 9.78. The number of carbonyl (C=O) groups is 1. The van der Waals surface area contributed by atoms with Gasteiger partial charge in [-0.2, -0.15) is 0 Å².